The fourth-order valence-electron chi connectivity index (χ4n) is 1.29. The van der Waals surface area contributed by atoms with Gasteiger partial charge in [-0.2, -0.15) is 0 Å². The highest BCUT2D eigenvalue weighted by atomic mass is 35.5. The summed E-state index contributed by atoms with van der Waals surface area (Å²) in [6.07, 6.45) is 5.31. The average Bonchev–Trinajstić information content (AvgIpc) is 2.06. The number of hydrogen-bond acceptors (Lipinski definition) is 0. The second-order valence-corrected chi connectivity index (χ2v) is 3.83. The molecule has 1 heteroatoms. The summed E-state index contributed by atoms with van der Waals surface area (Å²) in [6.45, 7) is 6.79. The minimum Gasteiger partial charge on any atom is -0.126 e. The molecule has 0 aromatic rings. The lowest BCUT2D eigenvalue weighted by atomic mass is 9.94. The molecule has 0 spiro atoms. The molecule has 0 saturated carbocycles. The second-order valence-electron chi connectivity index (χ2n) is 3.52. The van der Waals surface area contributed by atoms with Crippen molar-refractivity contribution in [2.45, 2.75) is 46.5 Å². The number of rotatable bonds is 6. The van der Waals surface area contributed by atoms with Gasteiger partial charge in [-0.25, -0.2) is 0 Å². The molecule has 11 heavy (non-hydrogen) atoms. The van der Waals surface area contributed by atoms with Gasteiger partial charge in [0, 0.05) is 5.88 Å². The van der Waals surface area contributed by atoms with Crippen LogP contribution in [0.25, 0.3) is 0 Å². The van der Waals surface area contributed by atoms with Crippen molar-refractivity contribution in [3.05, 3.63) is 0 Å². The number of halogens is 1. The van der Waals surface area contributed by atoms with Crippen molar-refractivity contribution in [3.8, 4) is 0 Å². The highest BCUT2D eigenvalue weighted by Crippen LogP contribution is 2.18. The van der Waals surface area contributed by atoms with Crippen molar-refractivity contribution in [3.63, 3.8) is 0 Å². The predicted octanol–water partition coefficient (Wildman–Crippen LogP) is 4.08. The van der Waals surface area contributed by atoms with E-state index in [2.05, 4.69) is 20.8 Å². The molecular weight excluding hydrogens is 156 g/mol. The van der Waals surface area contributed by atoms with Crippen LogP contribution in [0.3, 0.4) is 0 Å². The highest BCUT2D eigenvalue weighted by molar-refractivity contribution is 6.18. The lowest BCUT2D eigenvalue weighted by Gasteiger charge is -2.14. The minimum absolute atomic E-state index is 0.706. The maximum Gasteiger partial charge on any atom is 0.0249 e. The van der Waals surface area contributed by atoms with Crippen LogP contribution in [-0.4, -0.2) is 5.88 Å². The normalized spacial score (nSPS) is 13.9. The molecule has 0 fully saturated rings. The van der Waals surface area contributed by atoms with Crippen molar-refractivity contribution in [2.24, 2.45) is 11.8 Å². The lowest BCUT2D eigenvalue weighted by Crippen LogP contribution is -2.02. The molecule has 0 aromatic carbocycles. The van der Waals surface area contributed by atoms with Gasteiger partial charge in [-0.15, -0.1) is 11.6 Å². The van der Waals surface area contributed by atoms with E-state index in [9.17, 15) is 0 Å². The van der Waals surface area contributed by atoms with Gasteiger partial charge in [0.25, 0.3) is 0 Å². The second kappa shape index (κ2) is 6.97. The summed E-state index contributed by atoms with van der Waals surface area (Å²) in [6, 6.07) is 0. The molecule has 1 unspecified atom stereocenters. The van der Waals surface area contributed by atoms with Crippen LogP contribution in [-0.2, 0) is 0 Å². The van der Waals surface area contributed by atoms with Crippen LogP contribution in [0.5, 0.6) is 0 Å². The predicted molar refractivity (Wildman–Crippen MR) is 53.2 cm³/mol. The van der Waals surface area contributed by atoms with Gasteiger partial charge in [-0.1, -0.05) is 40.0 Å². The summed E-state index contributed by atoms with van der Waals surface area (Å²) in [5, 5.41) is 0. The van der Waals surface area contributed by atoms with E-state index in [1.807, 2.05) is 0 Å². The molecule has 0 saturated heterocycles. The molecule has 0 aromatic heterocycles. The molecule has 0 N–H and O–H groups in total. The molecule has 0 bridgehead atoms. The zero-order valence-electron chi connectivity index (χ0n) is 8.07. The topological polar surface area (TPSA) is 0 Å². The highest BCUT2D eigenvalue weighted by Gasteiger charge is 2.06. The fourth-order valence-corrected chi connectivity index (χ4v) is 1.45. The molecule has 0 nitrogen and oxygen atoms in total. The molecule has 1 atom stereocenters. The van der Waals surface area contributed by atoms with E-state index in [4.69, 9.17) is 11.6 Å². The first-order valence-corrected chi connectivity index (χ1v) is 5.33. The van der Waals surface area contributed by atoms with E-state index in [1.54, 1.807) is 0 Å². The SMILES string of the molecule is CCC(CC)CCC(C)CCl. The summed E-state index contributed by atoms with van der Waals surface area (Å²) in [5.74, 6) is 2.46. The Labute approximate surface area is 76.3 Å². The Kier molecular flexibility index (Phi) is 7.15. The molecule has 0 aliphatic rings. The summed E-state index contributed by atoms with van der Waals surface area (Å²) in [7, 11) is 0. The molecule has 0 heterocycles. The largest absolute Gasteiger partial charge is 0.126 e. The van der Waals surface area contributed by atoms with Crippen LogP contribution >= 0.6 is 11.6 Å². The van der Waals surface area contributed by atoms with E-state index in [0.717, 1.165) is 11.8 Å². The minimum atomic E-state index is 0.706. The van der Waals surface area contributed by atoms with E-state index in [0.29, 0.717) is 5.92 Å². The van der Waals surface area contributed by atoms with Gasteiger partial charge in [0.15, 0.2) is 0 Å². The maximum atomic E-state index is 5.72. The third kappa shape index (κ3) is 5.55. The molecule has 68 valence electrons. The zero-order valence-corrected chi connectivity index (χ0v) is 8.82. The van der Waals surface area contributed by atoms with Crippen LogP contribution < -0.4 is 0 Å². The summed E-state index contributed by atoms with van der Waals surface area (Å²) >= 11 is 5.72. The average molecular weight is 177 g/mol. The van der Waals surface area contributed by atoms with Crippen LogP contribution in [0.4, 0.5) is 0 Å². The Morgan fingerprint density at radius 1 is 1.09 bits per heavy atom. The van der Waals surface area contributed by atoms with Crippen LogP contribution in [0.15, 0.2) is 0 Å². The molecule has 0 radical (unpaired) electrons. The summed E-state index contributed by atoms with van der Waals surface area (Å²) < 4.78 is 0. The van der Waals surface area contributed by atoms with Gasteiger partial charge in [0.2, 0.25) is 0 Å². The fraction of sp³-hybridized carbons (Fsp3) is 1.00. The summed E-state index contributed by atoms with van der Waals surface area (Å²) in [5.41, 5.74) is 0. The van der Waals surface area contributed by atoms with Crippen LogP contribution in [0, 0.1) is 11.8 Å². The van der Waals surface area contributed by atoms with Gasteiger partial charge >= 0.3 is 0 Å². The van der Waals surface area contributed by atoms with Crippen molar-refractivity contribution in [1.82, 2.24) is 0 Å². The van der Waals surface area contributed by atoms with E-state index in [-0.39, 0.29) is 0 Å². The van der Waals surface area contributed by atoms with Crippen molar-refractivity contribution < 1.29 is 0 Å². The molecule has 0 aliphatic heterocycles. The Bertz CT molecular complexity index is 76.9. The van der Waals surface area contributed by atoms with Gasteiger partial charge in [-0.3, -0.25) is 0 Å². The van der Waals surface area contributed by atoms with Crippen molar-refractivity contribution in [1.29, 1.82) is 0 Å². The quantitative estimate of drug-likeness (QED) is 0.535. The first-order chi connectivity index (χ1) is 5.24. The standard InChI is InChI=1S/C10H21Cl/c1-4-10(5-2)7-6-9(3)8-11/h9-10H,4-8H2,1-3H3. The lowest BCUT2D eigenvalue weighted by molar-refractivity contribution is 0.405. The Balaban J connectivity index is 3.34. The first-order valence-electron chi connectivity index (χ1n) is 4.80. The van der Waals surface area contributed by atoms with Crippen molar-refractivity contribution in [2.75, 3.05) is 5.88 Å². The Hall–Kier alpha value is 0.290. The molecule has 0 rings (SSSR count). The Morgan fingerprint density at radius 2 is 1.64 bits per heavy atom. The third-order valence-electron chi connectivity index (χ3n) is 2.49. The number of hydrogen-bond donors (Lipinski definition) is 0. The van der Waals surface area contributed by atoms with Crippen LogP contribution in [0.1, 0.15) is 46.5 Å². The monoisotopic (exact) mass is 176 g/mol. The first kappa shape index (κ1) is 11.3. The maximum absolute atomic E-state index is 5.72. The molecular formula is C10H21Cl. The van der Waals surface area contributed by atoms with E-state index >= 15 is 0 Å². The van der Waals surface area contributed by atoms with Gasteiger partial charge in [0.1, 0.15) is 0 Å². The van der Waals surface area contributed by atoms with Gasteiger partial charge < -0.3 is 0 Å². The van der Waals surface area contributed by atoms with E-state index < -0.39 is 0 Å². The Morgan fingerprint density at radius 3 is 2.00 bits per heavy atom. The van der Waals surface area contributed by atoms with Gasteiger partial charge in [-0.05, 0) is 18.3 Å². The zero-order chi connectivity index (χ0) is 8.69. The van der Waals surface area contributed by atoms with Crippen molar-refractivity contribution >= 4 is 11.6 Å². The third-order valence-corrected chi connectivity index (χ3v) is 3.01. The molecule has 0 amide bonds. The van der Waals surface area contributed by atoms with Crippen LogP contribution in [0.2, 0.25) is 0 Å². The van der Waals surface area contributed by atoms with Gasteiger partial charge in [0.05, 0.1) is 0 Å². The number of alkyl halides is 1. The molecule has 0 aliphatic carbocycles. The summed E-state index contributed by atoms with van der Waals surface area (Å²) in [4.78, 5) is 0. The smallest absolute Gasteiger partial charge is 0.0249 e. The van der Waals surface area contributed by atoms with E-state index in [1.165, 1.54) is 25.7 Å².